The molecule has 0 radical (unpaired) electrons. The third kappa shape index (κ3) is 2.85. The summed E-state index contributed by atoms with van der Waals surface area (Å²) in [4.78, 5) is 0. The fourth-order valence-electron chi connectivity index (χ4n) is 2.00. The summed E-state index contributed by atoms with van der Waals surface area (Å²) in [6.07, 6.45) is 3.62. The standard InChI is InChI=1S/C15H23NO2/c1-4-15(2,17-3)14(16)11-6-5-7-13(10-11)18-12-8-9-12/h5-7,10,12,14H,4,8-9,16H2,1-3H3. The number of rotatable bonds is 6. The molecule has 0 bridgehead atoms. The summed E-state index contributed by atoms with van der Waals surface area (Å²) in [5.41, 5.74) is 7.06. The fraction of sp³-hybridized carbons (Fsp3) is 0.600. The largest absolute Gasteiger partial charge is 0.490 e. The first-order valence-corrected chi connectivity index (χ1v) is 6.66. The first-order valence-electron chi connectivity index (χ1n) is 6.66. The maximum Gasteiger partial charge on any atom is 0.120 e. The van der Waals surface area contributed by atoms with Crippen LogP contribution in [0.1, 0.15) is 44.7 Å². The molecule has 2 unspecified atom stereocenters. The van der Waals surface area contributed by atoms with Crippen LogP contribution in [0.3, 0.4) is 0 Å². The van der Waals surface area contributed by atoms with Gasteiger partial charge in [-0.3, -0.25) is 0 Å². The first kappa shape index (κ1) is 13.4. The van der Waals surface area contributed by atoms with Crippen LogP contribution < -0.4 is 10.5 Å². The topological polar surface area (TPSA) is 44.5 Å². The Kier molecular flexibility index (Phi) is 3.93. The zero-order valence-corrected chi connectivity index (χ0v) is 11.5. The molecule has 0 aromatic heterocycles. The van der Waals surface area contributed by atoms with Gasteiger partial charge in [-0.05, 0) is 43.9 Å². The lowest BCUT2D eigenvalue weighted by atomic mass is 9.88. The molecule has 18 heavy (non-hydrogen) atoms. The minimum Gasteiger partial charge on any atom is -0.490 e. The van der Waals surface area contributed by atoms with E-state index >= 15 is 0 Å². The molecule has 2 N–H and O–H groups in total. The quantitative estimate of drug-likeness (QED) is 0.842. The highest BCUT2D eigenvalue weighted by molar-refractivity contribution is 5.32. The fourth-order valence-corrected chi connectivity index (χ4v) is 2.00. The lowest BCUT2D eigenvalue weighted by Crippen LogP contribution is -2.39. The van der Waals surface area contributed by atoms with Crippen LogP contribution >= 0.6 is 0 Å². The Bertz CT molecular complexity index is 397. The highest BCUT2D eigenvalue weighted by Crippen LogP contribution is 2.32. The molecule has 0 saturated heterocycles. The van der Waals surface area contributed by atoms with Crippen molar-refractivity contribution in [3.8, 4) is 5.75 Å². The van der Waals surface area contributed by atoms with Crippen molar-refractivity contribution in [2.24, 2.45) is 5.73 Å². The summed E-state index contributed by atoms with van der Waals surface area (Å²) in [5.74, 6) is 0.917. The normalized spacial score (nSPS) is 20.2. The molecule has 1 aliphatic rings. The van der Waals surface area contributed by atoms with E-state index < -0.39 is 0 Å². The van der Waals surface area contributed by atoms with Crippen LogP contribution in [0.4, 0.5) is 0 Å². The van der Waals surface area contributed by atoms with Crippen LogP contribution in [0.5, 0.6) is 5.75 Å². The zero-order chi connectivity index (χ0) is 13.2. The number of ether oxygens (including phenoxy) is 2. The summed E-state index contributed by atoms with van der Waals surface area (Å²) in [5, 5.41) is 0. The Morgan fingerprint density at radius 2 is 2.17 bits per heavy atom. The maximum atomic E-state index is 6.33. The van der Waals surface area contributed by atoms with Gasteiger partial charge in [0.2, 0.25) is 0 Å². The molecule has 2 atom stereocenters. The molecule has 3 nitrogen and oxygen atoms in total. The summed E-state index contributed by atoms with van der Waals surface area (Å²) in [6, 6.07) is 7.92. The smallest absolute Gasteiger partial charge is 0.120 e. The summed E-state index contributed by atoms with van der Waals surface area (Å²) >= 11 is 0. The van der Waals surface area contributed by atoms with E-state index in [9.17, 15) is 0 Å². The average Bonchev–Trinajstić information content (AvgIpc) is 3.21. The summed E-state index contributed by atoms with van der Waals surface area (Å²) < 4.78 is 11.4. The van der Waals surface area contributed by atoms with Gasteiger partial charge >= 0.3 is 0 Å². The molecule has 0 spiro atoms. The minimum absolute atomic E-state index is 0.143. The highest BCUT2D eigenvalue weighted by Gasteiger charge is 2.31. The molecular weight excluding hydrogens is 226 g/mol. The molecule has 2 rings (SSSR count). The van der Waals surface area contributed by atoms with Crippen molar-refractivity contribution in [1.29, 1.82) is 0 Å². The number of methoxy groups -OCH3 is 1. The van der Waals surface area contributed by atoms with Gasteiger partial charge in [-0.25, -0.2) is 0 Å². The SMILES string of the molecule is CCC(C)(OC)C(N)c1cccc(OC2CC2)c1. The van der Waals surface area contributed by atoms with E-state index in [1.807, 2.05) is 31.2 Å². The van der Waals surface area contributed by atoms with Gasteiger partial charge in [0, 0.05) is 7.11 Å². The van der Waals surface area contributed by atoms with Gasteiger partial charge in [0.1, 0.15) is 5.75 Å². The molecule has 0 aliphatic heterocycles. The van der Waals surface area contributed by atoms with Crippen LogP contribution in [-0.4, -0.2) is 18.8 Å². The first-order chi connectivity index (χ1) is 8.59. The monoisotopic (exact) mass is 249 g/mol. The van der Waals surface area contributed by atoms with E-state index in [1.54, 1.807) is 7.11 Å². The second-order valence-electron chi connectivity index (χ2n) is 5.24. The predicted octanol–water partition coefficient (Wildman–Crippen LogP) is 3.04. The molecule has 0 heterocycles. The van der Waals surface area contributed by atoms with Crippen LogP contribution in [0.25, 0.3) is 0 Å². The van der Waals surface area contributed by atoms with E-state index in [4.69, 9.17) is 15.2 Å². The second-order valence-corrected chi connectivity index (χ2v) is 5.24. The van der Waals surface area contributed by atoms with Crippen molar-refractivity contribution < 1.29 is 9.47 Å². The van der Waals surface area contributed by atoms with Gasteiger partial charge in [0.25, 0.3) is 0 Å². The third-order valence-corrected chi connectivity index (χ3v) is 3.87. The molecule has 100 valence electrons. The number of hydrogen-bond donors (Lipinski definition) is 1. The van der Waals surface area contributed by atoms with Crippen molar-refractivity contribution in [2.75, 3.05) is 7.11 Å². The van der Waals surface area contributed by atoms with Crippen molar-refractivity contribution in [3.05, 3.63) is 29.8 Å². The van der Waals surface area contributed by atoms with Crippen LogP contribution in [0.2, 0.25) is 0 Å². The van der Waals surface area contributed by atoms with E-state index in [-0.39, 0.29) is 11.6 Å². The van der Waals surface area contributed by atoms with E-state index in [0.717, 1.165) is 17.7 Å². The predicted molar refractivity (Wildman–Crippen MR) is 72.7 cm³/mol. The highest BCUT2D eigenvalue weighted by atomic mass is 16.5. The van der Waals surface area contributed by atoms with E-state index in [2.05, 4.69) is 6.92 Å². The molecule has 1 fully saturated rings. The van der Waals surface area contributed by atoms with Gasteiger partial charge in [0.15, 0.2) is 0 Å². The molecule has 1 aromatic rings. The number of benzene rings is 1. The Morgan fingerprint density at radius 3 is 2.72 bits per heavy atom. The van der Waals surface area contributed by atoms with Gasteiger partial charge in [0.05, 0.1) is 17.7 Å². The van der Waals surface area contributed by atoms with Crippen molar-refractivity contribution in [1.82, 2.24) is 0 Å². The summed E-state index contributed by atoms with van der Waals surface area (Å²) in [7, 11) is 1.72. The Morgan fingerprint density at radius 1 is 1.44 bits per heavy atom. The van der Waals surface area contributed by atoms with Gasteiger partial charge < -0.3 is 15.2 Å². The Balaban J connectivity index is 2.15. The van der Waals surface area contributed by atoms with Crippen molar-refractivity contribution >= 4 is 0 Å². The molecular formula is C15H23NO2. The number of nitrogens with two attached hydrogens (primary N) is 1. The van der Waals surface area contributed by atoms with E-state index in [0.29, 0.717) is 6.10 Å². The molecule has 0 amide bonds. The number of hydrogen-bond acceptors (Lipinski definition) is 3. The third-order valence-electron chi connectivity index (χ3n) is 3.87. The lowest BCUT2D eigenvalue weighted by molar-refractivity contribution is -0.0195. The summed E-state index contributed by atoms with van der Waals surface area (Å²) in [6.45, 7) is 4.14. The van der Waals surface area contributed by atoms with Crippen molar-refractivity contribution in [2.45, 2.75) is 50.9 Å². The van der Waals surface area contributed by atoms with Crippen LogP contribution in [0, 0.1) is 0 Å². The van der Waals surface area contributed by atoms with Gasteiger partial charge in [-0.2, -0.15) is 0 Å². The van der Waals surface area contributed by atoms with Crippen molar-refractivity contribution in [3.63, 3.8) is 0 Å². The second kappa shape index (κ2) is 5.29. The zero-order valence-electron chi connectivity index (χ0n) is 11.5. The lowest BCUT2D eigenvalue weighted by Gasteiger charge is -2.33. The molecule has 1 saturated carbocycles. The minimum atomic E-state index is -0.335. The molecule has 3 heteroatoms. The average molecular weight is 249 g/mol. The van der Waals surface area contributed by atoms with Gasteiger partial charge in [-0.15, -0.1) is 0 Å². The Labute approximate surface area is 109 Å². The van der Waals surface area contributed by atoms with Gasteiger partial charge in [-0.1, -0.05) is 19.1 Å². The molecule has 1 aliphatic carbocycles. The van der Waals surface area contributed by atoms with Crippen LogP contribution in [0.15, 0.2) is 24.3 Å². The maximum absolute atomic E-state index is 6.33. The van der Waals surface area contributed by atoms with E-state index in [1.165, 1.54) is 12.8 Å². The molecule has 1 aromatic carbocycles. The Hall–Kier alpha value is -1.06. The van der Waals surface area contributed by atoms with Crippen LogP contribution in [-0.2, 0) is 4.74 Å².